The van der Waals surface area contributed by atoms with Crippen molar-refractivity contribution >= 4 is 23.4 Å². The van der Waals surface area contributed by atoms with E-state index in [9.17, 15) is 4.79 Å². The van der Waals surface area contributed by atoms with Gasteiger partial charge in [0, 0.05) is 11.3 Å². The maximum absolute atomic E-state index is 12.7. The van der Waals surface area contributed by atoms with Gasteiger partial charge in [0.2, 0.25) is 5.91 Å². The van der Waals surface area contributed by atoms with Crippen LogP contribution in [0, 0.1) is 0 Å². The number of carbonyl (C=O) groups is 1. The number of amides is 1. The molecule has 0 fully saturated rings. The van der Waals surface area contributed by atoms with E-state index in [0.717, 1.165) is 28.4 Å². The number of hydrogen-bond donors (Lipinski definition) is 1. The van der Waals surface area contributed by atoms with E-state index in [1.165, 1.54) is 11.8 Å². The summed E-state index contributed by atoms with van der Waals surface area (Å²) in [6.45, 7) is 0.917. The summed E-state index contributed by atoms with van der Waals surface area (Å²) >= 11 is 1.31. The minimum absolute atomic E-state index is 0.150. The summed E-state index contributed by atoms with van der Waals surface area (Å²) in [5.74, 6) is 2.89. The molecule has 2 heterocycles. The Morgan fingerprint density at radius 1 is 0.947 bits per heavy atom. The highest BCUT2D eigenvalue weighted by atomic mass is 32.2. The van der Waals surface area contributed by atoms with E-state index in [-0.39, 0.29) is 11.7 Å². The number of thioether (sulfide) groups is 1. The van der Waals surface area contributed by atoms with Crippen LogP contribution in [0.1, 0.15) is 11.3 Å². The van der Waals surface area contributed by atoms with Gasteiger partial charge in [-0.2, -0.15) is 0 Å². The third-order valence-electron chi connectivity index (χ3n) is 5.66. The number of carbonyl (C=O) groups excluding carboxylic acids is 1. The zero-order valence-corrected chi connectivity index (χ0v) is 21.6. The molecule has 5 aromatic rings. The van der Waals surface area contributed by atoms with Crippen LogP contribution >= 0.6 is 11.8 Å². The van der Waals surface area contributed by atoms with Crippen molar-refractivity contribution in [1.29, 1.82) is 0 Å². The number of furan rings is 1. The van der Waals surface area contributed by atoms with Crippen LogP contribution in [0.5, 0.6) is 11.5 Å². The molecule has 192 valence electrons. The van der Waals surface area contributed by atoms with Crippen LogP contribution in [-0.4, -0.2) is 33.5 Å². The van der Waals surface area contributed by atoms with Crippen molar-refractivity contribution in [2.75, 3.05) is 18.2 Å². The Hall–Kier alpha value is -4.50. The van der Waals surface area contributed by atoms with Gasteiger partial charge in [-0.05, 0) is 54.1 Å². The molecule has 0 aliphatic carbocycles. The molecule has 0 bridgehead atoms. The molecular weight excluding hydrogens is 500 g/mol. The maximum Gasteiger partial charge on any atom is 0.234 e. The van der Waals surface area contributed by atoms with Gasteiger partial charge in [0.25, 0.3) is 0 Å². The monoisotopic (exact) mass is 526 g/mol. The van der Waals surface area contributed by atoms with Gasteiger partial charge < -0.3 is 19.2 Å². The van der Waals surface area contributed by atoms with E-state index in [4.69, 9.17) is 13.9 Å². The largest absolute Gasteiger partial charge is 0.497 e. The highest BCUT2D eigenvalue weighted by Gasteiger charge is 2.17. The predicted molar refractivity (Wildman–Crippen MR) is 146 cm³/mol. The second-order valence-corrected chi connectivity index (χ2v) is 9.28. The molecule has 3 aromatic carbocycles. The van der Waals surface area contributed by atoms with Crippen molar-refractivity contribution in [1.82, 2.24) is 14.8 Å². The van der Waals surface area contributed by atoms with Crippen LogP contribution in [-0.2, 0) is 17.9 Å². The zero-order valence-electron chi connectivity index (χ0n) is 20.7. The Balaban J connectivity index is 1.22. The molecular formula is C29H26N4O4S. The van der Waals surface area contributed by atoms with Crippen molar-refractivity contribution < 1.29 is 18.7 Å². The van der Waals surface area contributed by atoms with E-state index in [2.05, 4.69) is 15.5 Å². The lowest BCUT2D eigenvalue weighted by atomic mass is 10.2. The summed E-state index contributed by atoms with van der Waals surface area (Å²) in [6, 6.07) is 28.6. The Morgan fingerprint density at radius 2 is 1.79 bits per heavy atom. The van der Waals surface area contributed by atoms with Crippen LogP contribution < -0.4 is 14.8 Å². The van der Waals surface area contributed by atoms with Gasteiger partial charge in [-0.1, -0.05) is 54.2 Å². The standard InChI is InChI=1S/C29H26N4O4S/c1-35-25-10-5-9-22(17-25)28-31-32-29(33(28)18-26-11-6-16-36-26)38-20-27(34)30-23-12-14-24(15-13-23)37-19-21-7-3-2-4-8-21/h2-17H,18-20H2,1H3,(H,30,34). The summed E-state index contributed by atoms with van der Waals surface area (Å²) in [6.07, 6.45) is 1.63. The van der Waals surface area contributed by atoms with Crippen LogP contribution in [0.3, 0.4) is 0 Å². The number of rotatable bonds is 11. The lowest BCUT2D eigenvalue weighted by Crippen LogP contribution is -2.14. The number of nitrogens with zero attached hydrogens (tertiary/aromatic N) is 3. The number of hydrogen-bond acceptors (Lipinski definition) is 7. The van der Waals surface area contributed by atoms with E-state index >= 15 is 0 Å². The first kappa shape index (κ1) is 25.2. The van der Waals surface area contributed by atoms with E-state index in [1.807, 2.05) is 95.6 Å². The average Bonchev–Trinajstić information content (AvgIpc) is 3.62. The molecule has 0 saturated carbocycles. The Morgan fingerprint density at radius 3 is 2.55 bits per heavy atom. The number of nitrogens with one attached hydrogen (secondary N) is 1. The molecule has 1 N–H and O–H groups in total. The Kier molecular flexibility index (Phi) is 8.05. The number of benzene rings is 3. The minimum Gasteiger partial charge on any atom is -0.497 e. The number of anilines is 1. The lowest BCUT2D eigenvalue weighted by molar-refractivity contribution is -0.113. The average molecular weight is 527 g/mol. The van der Waals surface area contributed by atoms with E-state index in [0.29, 0.717) is 29.8 Å². The highest BCUT2D eigenvalue weighted by Crippen LogP contribution is 2.28. The van der Waals surface area contributed by atoms with Crippen molar-refractivity contribution in [2.24, 2.45) is 0 Å². The number of methoxy groups -OCH3 is 1. The molecule has 0 aliphatic rings. The van der Waals surface area contributed by atoms with Crippen LogP contribution in [0.4, 0.5) is 5.69 Å². The van der Waals surface area contributed by atoms with Crippen LogP contribution in [0.15, 0.2) is 107 Å². The molecule has 1 amide bonds. The molecule has 0 spiro atoms. The molecule has 0 unspecified atom stereocenters. The molecule has 0 radical (unpaired) electrons. The van der Waals surface area contributed by atoms with Gasteiger partial charge in [0.15, 0.2) is 11.0 Å². The second kappa shape index (κ2) is 12.2. The molecule has 0 saturated heterocycles. The fourth-order valence-corrected chi connectivity index (χ4v) is 4.51. The van der Waals surface area contributed by atoms with Crippen LogP contribution in [0.2, 0.25) is 0 Å². The topological polar surface area (TPSA) is 91.4 Å². The normalized spacial score (nSPS) is 10.8. The fourth-order valence-electron chi connectivity index (χ4n) is 3.77. The van der Waals surface area contributed by atoms with Crippen molar-refractivity contribution in [3.8, 4) is 22.9 Å². The lowest BCUT2D eigenvalue weighted by Gasteiger charge is -2.10. The SMILES string of the molecule is COc1cccc(-c2nnc(SCC(=O)Nc3ccc(OCc4ccccc4)cc3)n2Cc2ccco2)c1. The molecule has 8 nitrogen and oxygen atoms in total. The first-order chi connectivity index (χ1) is 18.7. The molecule has 38 heavy (non-hydrogen) atoms. The minimum atomic E-state index is -0.150. The Labute approximate surface area is 224 Å². The van der Waals surface area contributed by atoms with E-state index < -0.39 is 0 Å². The van der Waals surface area contributed by atoms with Gasteiger partial charge in [0.05, 0.1) is 25.7 Å². The second-order valence-electron chi connectivity index (χ2n) is 8.34. The Bertz CT molecular complexity index is 1470. The van der Waals surface area contributed by atoms with Gasteiger partial charge in [-0.15, -0.1) is 10.2 Å². The van der Waals surface area contributed by atoms with Crippen LogP contribution in [0.25, 0.3) is 11.4 Å². The van der Waals surface area contributed by atoms with Gasteiger partial charge in [-0.3, -0.25) is 9.36 Å². The zero-order chi connectivity index (χ0) is 26.2. The van der Waals surface area contributed by atoms with Gasteiger partial charge in [-0.25, -0.2) is 0 Å². The molecule has 2 aromatic heterocycles. The molecule has 9 heteroatoms. The smallest absolute Gasteiger partial charge is 0.234 e. The number of ether oxygens (including phenoxy) is 2. The maximum atomic E-state index is 12.7. The third-order valence-corrected chi connectivity index (χ3v) is 6.62. The summed E-state index contributed by atoms with van der Waals surface area (Å²) in [4.78, 5) is 12.7. The quantitative estimate of drug-likeness (QED) is 0.214. The number of aromatic nitrogens is 3. The predicted octanol–water partition coefficient (Wildman–Crippen LogP) is 5.90. The highest BCUT2D eigenvalue weighted by molar-refractivity contribution is 7.99. The molecule has 0 aliphatic heterocycles. The molecule has 0 atom stereocenters. The van der Waals surface area contributed by atoms with E-state index in [1.54, 1.807) is 13.4 Å². The first-order valence-corrected chi connectivity index (χ1v) is 13.0. The summed E-state index contributed by atoms with van der Waals surface area (Å²) in [5.41, 5.74) is 2.64. The van der Waals surface area contributed by atoms with Crippen molar-refractivity contribution in [3.63, 3.8) is 0 Å². The van der Waals surface area contributed by atoms with Crippen molar-refractivity contribution in [2.45, 2.75) is 18.3 Å². The summed E-state index contributed by atoms with van der Waals surface area (Å²) in [7, 11) is 1.62. The molecule has 5 rings (SSSR count). The first-order valence-electron chi connectivity index (χ1n) is 12.0. The summed E-state index contributed by atoms with van der Waals surface area (Å²) < 4.78 is 18.7. The fraction of sp³-hybridized carbons (Fsp3) is 0.138. The van der Waals surface area contributed by atoms with Gasteiger partial charge >= 0.3 is 0 Å². The van der Waals surface area contributed by atoms with Crippen molar-refractivity contribution in [3.05, 3.63) is 109 Å². The van der Waals surface area contributed by atoms with Gasteiger partial charge in [0.1, 0.15) is 23.9 Å². The third kappa shape index (κ3) is 6.43. The summed E-state index contributed by atoms with van der Waals surface area (Å²) in [5, 5.41) is 12.3.